The van der Waals surface area contributed by atoms with Crippen molar-refractivity contribution in [2.75, 3.05) is 19.5 Å². The molecule has 0 heterocycles. The van der Waals surface area contributed by atoms with Gasteiger partial charge in [-0.25, -0.2) is 0 Å². The lowest BCUT2D eigenvalue weighted by atomic mass is 10.2. The Morgan fingerprint density at radius 2 is 1.57 bits per heavy atom. The number of carbonyl (C=O) groups is 3. The molecule has 0 saturated carbocycles. The molecule has 0 aliphatic carbocycles. The van der Waals surface area contributed by atoms with E-state index in [0.717, 1.165) is 5.56 Å². The van der Waals surface area contributed by atoms with Crippen LogP contribution in [-0.4, -0.2) is 31.9 Å². The van der Waals surface area contributed by atoms with Crippen molar-refractivity contribution in [3.63, 3.8) is 0 Å². The van der Waals surface area contributed by atoms with Crippen LogP contribution in [0.2, 0.25) is 0 Å². The predicted octanol–water partition coefficient (Wildman–Crippen LogP) is 2.14. The lowest BCUT2D eigenvalue weighted by Gasteiger charge is -2.08. The number of nitrogens with one attached hydrogen (secondary N) is 3. The van der Waals surface area contributed by atoms with Crippen molar-refractivity contribution >= 4 is 29.5 Å². The van der Waals surface area contributed by atoms with Crippen LogP contribution in [-0.2, 0) is 9.59 Å². The highest BCUT2D eigenvalue weighted by atomic mass is 16.5. The van der Waals surface area contributed by atoms with E-state index in [9.17, 15) is 14.4 Å². The molecule has 2 rings (SSSR count). The number of hydrogen-bond acceptors (Lipinski definition) is 5. The van der Waals surface area contributed by atoms with Gasteiger partial charge in [0.15, 0.2) is 11.5 Å². The molecule has 2 aromatic rings. The minimum atomic E-state index is -0.502. The Hall–Kier alpha value is -3.81. The fourth-order valence-electron chi connectivity index (χ4n) is 2.27. The fraction of sp³-hybridized carbons (Fsp3) is 0.150. The van der Waals surface area contributed by atoms with E-state index in [2.05, 4.69) is 16.2 Å². The fourth-order valence-corrected chi connectivity index (χ4v) is 2.27. The molecule has 146 valence electrons. The molecule has 8 heteroatoms. The van der Waals surface area contributed by atoms with Crippen molar-refractivity contribution in [1.82, 2.24) is 10.9 Å². The first kappa shape index (κ1) is 20.5. The Labute approximate surface area is 162 Å². The Balaban J connectivity index is 1.90. The second-order valence-electron chi connectivity index (χ2n) is 5.65. The summed E-state index contributed by atoms with van der Waals surface area (Å²) in [5.74, 6) is -0.0621. The van der Waals surface area contributed by atoms with Gasteiger partial charge in [0.1, 0.15) is 0 Å². The number of ether oxygens (including phenoxy) is 2. The summed E-state index contributed by atoms with van der Waals surface area (Å²) in [7, 11) is 3.06. The summed E-state index contributed by atoms with van der Waals surface area (Å²) in [5, 5.41) is 2.60. The number of amides is 3. The average Bonchev–Trinajstić information content (AvgIpc) is 2.70. The number of rotatable bonds is 6. The normalized spacial score (nSPS) is 10.2. The van der Waals surface area contributed by atoms with Crippen molar-refractivity contribution in [1.29, 1.82) is 0 Å². The summed E-state index contributed by atoms with van der Waals surface area (Å²) in [6.45, 7) is 1.39. The van der Waals surface area contributed by atoms with Crippen molar-refractivity contribution in [2.24, 2.45) is 0 Å². The molecule has 28 heavy (non-hydrogen) atoms. The van der Waals surface area contributed by atoms with Crippen LogP contribution in [0.5, 0.6) is 11.5 Å². The molecular formula is C20H21N3O5. The van der Waals surface area contributed by atoms with E-state index < -0.39 is 11.8 Å². The van der Waals surface area contributed by atoms with Gasteiger partial charge in [-0.15, -0.1) is 0 Å². The maximum absolute atomic E-state index is 12.0. The van der Waals surface area contributed by atoms with Crippen LogP contribution in [0.3, 0.4) is 0 Å². The first-order valence-electron chi connectivity index (χ1n) is 8.31. The zero-order valence-electron chi connectivity index (χ0n) is 15.7. The van der Waals surface area contributed by atoms with E-state index in [-0.39, 0.29) is 5.91 Å². The summed E-state index contributed by atoms with van der Waals surface area (Å²) in [5.41, 5.74) is 6.25. The van der Waals surface area contributed by atoms with Gasteiger partial charge in [0.25, 0.3) is 11.8 Å². The quantitative estimate of drug-likeness (QED) is 0.523. The van der Waals surface area contributed by atoms with Crippen LogP contribution >= 0.6 is 0 Å². The van der Waals surface area contributed by atoms with E-state index in [0.29, 0.717) is 22.7 Å². The van der Waals surface area contributed by atoms with E-state index in [1.165, 1.54) is 39.4 Å². The number of hydrazine groups is 1. The van der Waals surface area contributed by atoms with Crippen molar-refractivity contribution in [3.8, 4) is 11.5 Å². The Morgan fingerprint density at radius 3 is 2.18 bits per heavy atom. The van der Waals surface area contributed by atoms with E-state index in [1.807, 2.05) is 0 Å². The van der Waals surface area contributed by atoms with Crippen LogP contribution < -0.4 is 25.6 Å². The molecule has 0 atom stereocenters. The van der Waals surface area contributed by atoms with E-state index in [1.54, 1.807) is 36.4 Å². The highest BCUT2D eigenvalue weighted by Crippen LogP contribution is 2.27. The summed E-state index contributed by atoms with van der Waals surface area (Å²) in [6.07, 6.45) is 2.85. The summed E-state index contributed by atoms with van der Waals surface area (Å²) in [6, 6.07) is 11.5. The largest absolute Gasteiger partial charge is 0.493 e. The first-order valence-corrected chi connectivity index (χ1v) is 8.31. The van der Waals surface area contributed by atoms with Gasteiger partial charge in [0, 0.05) is 24.3 Å². The first-order chi connectivity index (χ1) is 13.4. The van der Waals surface area contributed by atoms with Crippen LogP contribution in [0.4, 0.5) is 5.69 Å². The van der Waals surface area contributed by atoms with E-state index in [4.69, 9.17) is 9.47 Å². The molecule has 0 saturated heterocycles. The maximum Gasteiger partial charge on any atom is 0.269 e. The minimum absolute atomic E-state index is 0.203. The number of carbonyl (C=O) groups excluding carboxylic acids is 3. The predicted molar refractivity (Wildman–Crippen MR) is 105 cm³/mol. The molecule has 0 fully saturated rings. The third-order valence-electron chi connectivity index (χ3n) is 3.60. The molecule has 8 nitrogen and oxygen atoms in total. The van der Waals surface area contributed by atoms with Crippen LogP contribution in [0.15, 0.2) is 48.5 Å². The lowest BCUT2D eigenvalue weighted by Crippen LogP contribution is -2.40. The van der Waals surface area contributed by atoms with Gasteiger partial charge in [0.2, 0.25) is 5.91 Å². The second-order valence-corrected chi connectivity index (χ2v) is 5.65. The monoisotopic (exact) mass is 383 g/mol. The van der Waals surface area contributed by atoms with Crippen molar-refractivity contribution < 1.29 is 23.9 Å². The topological polar surface area (TPSA) is 106 Å². The maximum atomic E-state index is 12.0. The smallest absolute Gasteiger partial charge is 0.269 e. The molecule has 0 spiro atoms. The van der Waals surface area contributed by atoms with Crippen LogP contribution in [0.1, 0.15) is 22.8 Å². The van der Waals surface area contributed by atoms with Crippen LogP contribution in [0.25, 0.3) is 6.08 Å². The SMILES string of the molecule is COc1ccc(C=CC(=O)NNC(=O)c2ccc(NC(C)=O)cc2)cc1OC. The molecule has 0 radical (unpaired) electrons. The molecular weight excluding hydrogens is 362 g/mol. The molecule has 2 aromatic carbocycles. The number of methoxy groups -OCH3 is 2. The van der Waals surface area contributed by atoms with Gasteiger partial charge in [0.05, 0.1) is 14.2 Å². The number of hydrogen-bond donors (Lipinski definition) is 3. The lowest BCUT2D eigenvalue weighted by molar-refractivity contribution is -0.117. The molecule has 3 N–H and O–H groups in total. The molecule has 0 bridgehead atoms. The molecule has 3 amide bonds. The second kappa shape index (κ2) is 9.77. The summed E-state index contributed by atoms with van der Waals surface area (Å²) >= 11 is 0. The Morgan fingerprint density at radius 1 is 0.893 bits per heavy atom. The average molecular weight is 383 g/mol. The third kappa shape index (κ3) is 5.87. The van der Waals surface area contributed by atoms with Gasteiger partial charge in [-0.3, -0.25) is 25.2 Å². The molecule has 0 unspecified atom stereocenters. The van der Waals surface area contributed by atoms with Crippen molar-refractivity contribution in [2.45, 2.75) is 6.92 Å². The van der Waals surface area contributed by atoms with Gasteiger partial charge in [-0.05, 0) is 48.0 Å². The zero-order valence-corrected chi connectivity index (χ0v) is 15.7. The van der Waals surface area contributed by atoms with E-state index >= 15 is 0 Å². The van der Waals surface area contributed by atoms with Crippen LogP contribution in [0, 0.1) is 0 Å². The zero-order chi connectivity index (χ0) is 20.5. The minimum Gasteiger partial charge on any atom is -0.493 e. The van der Waals surface area contributed by atoms with Gasteiger partial charge in [-0.1, -0.05) is 6.07 Å². The summed E-state index contributed by atoms with van der Waals surface area (Å²) < 4.78 is 10.4. The van der Waals surface area contributed by atoms with Gasteiger partial charge >= 0.3 is 0 Å². The standard InChI is InChI=1S/C20H21N3O5/c1-13(24)21-16-8-6-15(7-9-16)20(26)23-22-19(25)11-5-14-4-10-17(27-2)18(12-14)28-3/h4-12H,1-3H3,(H,21,24)(H,22,25)(H,23,26). The number of anilines is 1. The molecule has 0 aromatic heterocycles. The third-order valence-corrected chi connectivity index (χ3v) is 3.60. The van der Waals surface area contributed by atoms with Crippen molar-refractivity contribution in [3.05, 3.63) is 59.7 Å². The highest BCUT2D eigenvalue weighted by Gasteiger charge is 2.07. The molecule has 0 aliphatic rings. The summed E-state index contributed by atoms with van der Waals surface area (Å²) in [4.78, 5) is 34.9. The number of benzene rings is 2. The highest BCUT2D eigenvalue weighted by molar-refractivity contribution is 5.98. The Bertz CT molecular complexity index is 891. The Kier molecular flexibility index (Phi) is 7.15. The molecule has 0 aliphatic heterocycles. The van der Waals surface area contributed by atoms with Gasteiger partial charge in [-0.2, -0.15) is 0 Å². The van der Waals surface area contributed by atoms with Gasteiger partial charge < -0.3 is 14.8 Å².